The molecule has 3 aromatic rings. The van der Waals surface area contributed by atoms with Gasteiger partial charge in [0.15, 0.2) is 0 Å². The third kappa shape index (κ3) is 3.21. The Bertz CT molecular complexity index is 1280. The molecule has 0 heterocycles. The van der Waals surface area contributed by atoms with Gasteiger partial charge in [-0.25, -0.2) is 13.2 Å². The number of aromatic carboxylic acids is 1. The number of carboxylic acid groups (broad SMARTS) is 1. The van der Waals surface area contributed by atoms with Crippen LogP contribution < -0.4 is 0 Å². The molecule has 1 aliphatic carbocycles. The van der Waals surface area contributed by atoms with Crippen molar-refractivity contribution >= 4 is 26.6 Å². The summed E-state index contributed by atoms with van der Waals surface area (Å²) in [5.74, 6) is -1.03. The molecule has 1 aliphatic rings. The first-order valence-corrected chi connectivity index (χ1v) is 11.6. The van der Waals surface area contributed by atoms with Crippen LogP contribution in [0.3, 0.4) is 0 Å². The SMILES string of the molecule is CC1(C)CCC(C)(C)c2cc(S(=O)(=O)c3ccc4c(C(=O)O)cccc4c3)ccc21. The van der Waals surface area contributed by atoms with Gasteiger partial charge in [0, 0.05) is 0 Å². The Kier molecular flexibility index (Phi) is 4.58. The minimum absolute atomic E-state index is 0.0172. The number of hydrogen-bond donors (Lipinski definition) is 1. The van der Waals surface area contributed by atoms with Gasteiger partial charge in [-0.15, -0.1) is 0 Å². The highest BCUT2D eigenvalue weighted by molar-refractivity contribution is 7.91. The maximum absolute atomic E-state index is 13.4. The molecule has 0 spiro atoms. The van der Waals surface area contributed by atoms with E-state index >= 15 is 0 Å². The Labute approximate surface area is 177 Å². The highest BCUT2D eigenvalue weighted by Crippen LogP contribution is 2.46. The van der Waals surface area contributed by atoms with Crippen LogP contribution in [0.15, 0.2) is 64.4 Å². The van der Waals surface area contributed by atoms with E-state index in [9.17, 15) is 18.3 Å². The minimum atomic E-state index is -3.73. The van der Waals surface area contributed by atoms with Crippen LogP contribution in [0.1, 0.15) is 62.0 Å². The van der Waals surface area contributed by atoms with E-state index in [0.29, 0.717) is 10.8 Å². The fourth-order valence-corrected chi connectivity index (χ4v) is 5.81. The van der Waals surface area contributed by atoms with Gasteiger partial charge in [0.25, 0.3) is 0 Å². The van der Waals surface area contributed by atoms with Crippen LogP contribution in [0.4, 0.5) is 0 Å². The third-order valence-electron chi connectivity index (χ3n) is 6.53. The molecule has 5 heteroatoms. The summed E-state index contributed by atoms with van der Waals surface area (Å²) in [6.45, 7) is 8.75. The lowest BCUT2D eigenvalue weighted by molar-refractivity contribution is 0.0699. The molecule has 30 heavy (non-hydrogen) atoms. The van der Waals surface area contributed by atoms with Crippen LogP contribution in [0.5, 0.6) is 0 Å². The van der Waals surface area contributed by atoms with E-state index < -0.39 is 15.8 Å². The van der Waals surface area contributed by atoms with E-state index in [4.69, 9.17) is 0 Å². The van der Waals surface area contributed by atoms with Crippen LogP contribution >= 0.6 is 0 Å². The molecule has 0 fully saturated rings. The highest BCUT2D eigenvalue weighted by Gasteiger charge is 2.37. The largest absolute Gasteiger partial charge is 0.478 e. The van der Waals surface area contributed by atoms with E-state index in [1.807, 2.05) is 12.1 Å². The average Bonchev–Trinajstić information content (AvgIpc) is 2.70. The number of carboxylic acids is 1. The summed E-state index contributed by atoms with van der Waals surface area (Å²) >= 11 is 0. The second-order valence-electron chi connectivity index (χ2n) is 9.47. The summed E-state index contributed by atoms with van der Waals surface area (Å²) < 4.78 is 26.9. The Balaban J connectivity index is 1.86. The summed E-state index contributed by atoms with van der Waals surface area (Å²) in [7, 11) is -3.73. The summed E-state index contributed by atoms with van der Waals surface area (Å²) in [5.41, 5.74) is 2.39. The molecule has 0 aromatic heterocycles. The van der Waals surface area contributed by atoms with Gasteiger partial charge >= 0.3 is 5.97 Å². The molecule has 0 bridgehead atoms. The van der Waals surface area contributed by atoms with Crippen molar-refractivity contribution in [3.05, 3.63) is 71.3 Å². The quantitative estimate of drug-likeness (QED) is 0.586. The molecule has 0 aliphatic heterocycles. The van der Waals surface area contributed by atoms with Crippen molar-refractivity contribution in [1.29, 1.82) is 0 Å². The highest BCUT2D eigenvalue weighted by atomic mass is 32.2. The summed E-state index contributed by atoms with van der Waals surface area (Å²) in [6, 6.07) is 15.0. The zero-order chi connectivity index (χ0) is 21.9. The van der Waals surface area contributed by atoms with Crippen LogP contribution in [0, 0.1) is 0 Å². The molecule has 0 unspecified atom stereocenters. The van der Waals surface area contributed by atoms with Gasteiger partial charge < -0.3 is 5.11 Å². The van der Waals surface area contributed by atoms with Gasteiger partial charge in [-0.2, -0.15) is 0 Å². The smallest absolute Gasteiger partial charge is 0.336 e. The monoisotopic (exact) mass is 422 g/mol. The maximum Gasteiger partial charge on any atom is 0.336 e. The van der Waals surface area contributed by atoms with E-state index in [2.05, 4.69) is 27.7 Å². The van der Waals surface area contributed by atoms with Gasteiger partial charge in [-0.3, -0.25) is 0 Å². The van der Waals surface area contributed by atoms with Crippen molar-refractivity contribution in [2.75, 3.05) is 0 Å². The van der Waals surface area contributed by atoms with Crippen LogP contribution in [0.25, 0.3) is 10.8 Å². The van der Waals surface area contributed by atoms with Gasteiger partial charge in [0.2, 0.25) is 9.84 Å². The Morgan fingerprint density at radius 3 is 2.10 bits per heavy atom. The first-order valence-electron chi connectivity index (χ1n) is 10.1. The average molecular weight is 423 g/mol. The number of rotatable bonds is 3. The normalized spacial score (nSPS) is 17.5. The molecule has 156 valence electrons. The van der Waals surface area contributed by atoms with Crippen LogP contribution in [0.2, 0.25) is 0 Å². The first-order chi connectivity index (χ1) is 13.9. The molecule has 3 aromatic carbocycles. The number of hydrogen-bond acceptors (Lipinski definition) is 3. The zero-order valence-electron chi connectivity index (χ0n) is 17.7. The number of benzene rings is 3. The molecule has 4 rings (SSSR count). The number of carbonyl (C=O) groups is 1. The van der Waals surface area contributed by atoms with Gasteiger partial charge in [-0.05, 0) is 75.9 Å². The number of fused-ring (bicyclic) bond motifs is 2. The van der Waals surface area contributed by atoms with Crippen molar-refractivity contribution in [2.45, 2.75) is 61.2 Å². The Morgan fingerprint density at radius 1 is 0.833 bits per heavy atom. The first kappa shape index (κ1) is 20.6. The summed E-state index contributed by atoms with van der Waals surface area (Å²) in [4.78, 5) is 11.9. The second-order valence-corrected chi connectivity index (χ2v) is 11.4. The van der Waals surface area contributed by atoms with Crippen molar-refractivity contribution in [1.82, 2.24) is 0 Å². The van der Waals surface area contributed by atoms with Gasteiger partial charge in [0.1, 0.15) is 0 Å². The number of sulfone groups is 1. The minimum Gasteiger partial charge on any atom is -0.478 e. The Hall–Kier alpha value is -2.66. The molecule has 0 radical (unpaired) electrons. The van der Waals surface area contributed by atoms with Gasteiger partial charge in [-0.1, -0.05) is 52.0 Å². The van der Waals surface area contributed by atoms with Crippen molar-refractivity contribution in [3.63, 3.8) is 0 Å². The maximum atomic E-state index is 13.4. The van der Waals surface area contributed by atoms with Crippen LogP contribution in [-0.4, -0.2) is 19.5 Å². The predicted octanol–water partition coefficient (Wildman–Crippen LogP) is 5.72. The predicted molar refractivity (Wildman–Crippen MR) is 118 cm³/mol. The lowest BCUT2D eigenvalue weighted by atomic mass is 9.63. The topological polar surface area (TPSA) is 71.4 Å². The van der Waals surface area contributed by atoms with Crippen LogP contribution in [-0.2, 0) is 20.7 Å². The molecule has 0 atom stereocenters. The van der Waals surface area contributed by atoms with Crippen molar-refractivity contribution in [3.8, 4) is 0 Å². The van der Waals surface area contributed by atoms with E-state index in [0.717, 1.165) is 18.4 Å². The van der Waals surface area contributed by atoms with E-state index in [1.165, 1.54) is 17.7 Å². The summed E-state index contributed by atoms with van der Waals surface area (Å²) in [6.07, 6.45) is 2.07. The molecule has 0 saturated heterocycles. The lowest BCUT2D eigenvalue weighted by Crippen LogP contribution is -2.34. The van der Waals surface area contributed by atoms with Crippen molar-refractivity contribution in [2.24, 2.45) is 0 Å². The molecule has 0 saturated carbocycles. The van der Waals surface area contributed by atoms with Crippen molar-refractivity contribution < 1.29 is 18.3 Å². The molecular formula is C25H26O4S. The fraction of sp³-hybridized carbons (Fsp3) is 0.320. The lowest BCUT2D eigenvalue weighted by Gasteiger charge is -2.42. The molecule has 1 N–H and O–H groups in total. The fourth-order valence-electron chi connectivity index (χ4n) is 4.49. The molecule has 4 nitrogen and oxygen atoms in total. The second kappa shape index (κ2) is 6.67. The third-order valence-corrected chi connectivity index (χ3v) is 8.28. The summed E-state index contributed by atoms with van der Waals surface area (Å²) in [5, 5.41) is 10.5. The van der Waals surface area contributed by atoms with E-state index in [-0.39, 0.29) is 26.2 Å². The standard InChI is InChI=1S/C25H26O4S/c1-24(2)12-13-25(3,4)22-15-18(9-11-21(22)24)30(28,29)17-8-10-19-16(14-17)6-5-7-20(19)23(26)27/h5-11,14-15H,12-13H2,1-4H3,(H,26,27). The van der Waals surface area contributed by atoms with Gasteiger partial charge in [0.05, 0.1) is 15.4 Å². The molecular weight excluding hydrogens is 396 g/mol. The van der Waals surface area contributed by atoms with E-state index in [1.54, 1.807) is 30.3 Å². The Morgan fingerprint density at radius 2 is 1.43 bits per heavy atom. The molecule has 0 amide bonds. The zero-order valence-corrected chi connectivity index (χ0v) is 18.5.